The summed E-state index contributed by atoms with van der Waals surface area (Å²) in [5.74, 6) is -0.285. The van der Waals surface area contributed by atoms with E-state index in [-0.39, 0.29) is 5.97 Å². The first kappa shape index (κ1) is 24.7. The quantitative estimate of drug-likeness (QED) is 0.258. The van der Waals surface area contributed by atoms with Gasteiger partial charge in [-0.2, -0.15) is 0 Å². The molecule has 0 aromatic rings. The molecule has 0 fully saturated rings. The van der Waals surface area contributed by atoms with Gasteiger partial charge in [-0.1, -0.05) is 48.3 Å². The molecule has 0 bridgehead atoms. The van der Waals surface area contributed by atoms with Crippen molar-refractivity contribution >= 4 is 5.97 Å². The highest BCUT2D eigenvalue weighted by atomic mass is 16.7. The number of cyclic esters (lactones) is 1. The molecule has 0 saturated heterocycles. The van der Waals surface area contributed by atoms with Crippen molar-refractivity contribution in [1.82, 2.24) is 0 Å². The Labute approximate surface area is 184 Å². The van der Waals surface area contributed by atoms with Crippen molar-refractivity contribution in [3.63, 3.8) is 0 Å². The van der Waals surface area contributed by atoms with Crippen LogP contribution in [0.25, 0.3) is 0 Å². The fraction of sp³-hybridized carbons (Fsp3) is 0.667. The summed E-state index contributed by atoms with van der Waals surface area (Å²) in [4.78, 5) is 11.4. The van der Waals surface area contributed by atoms with Gasteiger partial charge < -0.3 is 9.47 Å². The number of ether oxygens (including phenoxy) is 2. The summed E-state index contributed by atoms with van der Waals surface area (Å²) >= 11 is 0. The molecule has 1 unspecified atom stereocenters. The largest absolute Gasteiger partial charge is 0.428 e. The van der Waals surface area contributed by atoms with Crippen LogP contribution in [0.15, 0.2) is 46.1 Å². The number of esters is 1. The maximum absolute atomic E-state index is 11.4. The maximum Gasteiger partial charge on any atom is 0.333 e. The molecule has 3 nitrogen and oxygen atoms in total. The van der Waals surface area contributed by atoms with Gasteiger partial charge in [0.2, 0.25) is 6.29 Å². The zero-order valence-corrected chi connectivity index (χ0v) is 20.1. The van der Waals surface area contributed by atoms with Crippen LogP contribution in [0.3, 0.4) is 0 Å². The van der Waals surface area contributed by atoms with Crippen molar-refractivity contribution in [2.45, 2.75) is 106 Å². The van der Waals surface area contributed by atoms with Crippen LogP contribution in [0.4, 0.5) is 0 Å². The Bertz CT molecular complexity index is 718. The highest BCUT2D eigenvalue weighted by Gasteiger charge is 2.28. The second kappa shape index (κ2) is 11.7. The first-order chi connectivity index (χ1) is 14.2. The molecule has 0 spiro atoms. The minimum absolute atomic E-state index is 0.285. The first-order valence-electron chi connectivity index (χ1n) is 11.8. The van der Waals surface area contributed by atoms with Gasteiger partial charge in [0.25, 0.3) is 0 Å². The average molecular weight is 415 g/mol. The Kier molecular flexibility index (Phi) is 9.61. The van der Waals surface area contributed by atoms with Crippen molar-refractivity contribution in [3.8, 4) is 0 Å². The lowest BCUT2D eigenvalue weighted by molar-refractivity contribution is -0.158. The highest BCUT2D eigenvalue weighted by molar-refractivity contribution is 5.85. The summed E-state index contributed by atoms with van der Waals surface area (Å²) in [5.41, 5.74) is 7.59. The average Bonchev–Trinajstić information content (AvgIpc) is 3.00. The van der Waals surface area contributed by atoms with Gasteiger partial charge in [-0.3, -0.25) is 0 Å². The summed E-state index contributed by atoms with van der Waals surface area (Å²) in [6.45, 7) is 14.1. The van der Waals surface area contributed by atoms with Crippen molar-refractivity contribution in [1.29, 1.82) is 0 Å². The molecule has 2 rings (SSSR count). The molecular weight excluding hydrogens is 372 g/mol. The van der Waals surface area contributed by atoms with E-state index in [1.54, 1.807) is 17.2 Å². The standard InChI is InChI=1S/C27H42O3/c1-7-29-26-23(19-25(28)30-26)15-9-13-20(2)11-8-12-21(3)16-17-24-22(4)14-10-18-27(24,5)6/h12-13,19,26H,7-11,14-18H2,1-6H3/b20-13+,21-12+. The lowest BCUT2D eigenvalue weighted by Crippen LogP contribution is -2.20. The Morgan fingerprint density at radius 3 is 2.57 bits per heavy atom. The molecule has 0 saturated carbocycles. The van der Waals surface area contributed by atoms with Crippen LogP contribution >= 0.6 is 0 Å². The van der Waals surface area contributed by atoms with Crippen LogP contribution in [-0.2, 0) is 14.3 Å². The molecule has 1 aliphatic carbocycles. The molecular formula is C27H42O3. The fourth-order valence-corrected chi connectivity index (χ4v) is 4.70. The summed E-state index contributed by atoms with van der Waals surface area (Å²) in [7, 11) is 0. The molecule has 2 aliphatic rings. The smallest absolute Gasteiger partial charge is 0.333 e. The molecule has 0 amide bonds. The molecule has 1 heterocycles. The maximum atomic E-state index is 11.4. The van der Waals surface area contributed by atoms with Crippen LogP contribution in [0.1, 0.15) is 99.3 Å². The van der Waals surface area contributed by atoms with E-state index in [1.807, 2.05) is 6.92 Å². The van der Waals surface area contributed by atoms with Gasteiger partial charge in [0.15, 0.2) is 0 Å². The second-order valence-corrected chi connectivity index (χ2v) is 9.62. The number of carbonyl (C=O) groups excluding carboxylic acids is 1. The van der Waals surface area contributed by atoms with E-state index in [0.717, 1.165) is 31.3 Å². The third-order valence-corrected chi connectivity index (χ3v) is 6.56. The van der Waals surface area contributed by atoms with Gasteiger partial charge in [0.05, 0.1) is 0 Å². The fourth-order valence-electron chi connectivity index (χ4n) is 4.70. The van der Waals surface area contributed by atoms with Crippen LogP contribution in [0.2, 0.25) is 0 Å². The van der Waals surface area contributed by atoms with Crippen LogP contribution in [-0.4, -0.2) is 18.9 Å². The van der Waals surface area contributed by atoms with Crippen molar-refractivity contribution in [2.24, 2.45) is 5.41 Å². The predicted octanol–water partition coefficient (Wildman–Crippen LogP) is 7.59. The van der Waals surface area contributed by atoms with Gasteiger partial charge in [-0.15, -0.1) is 0 Å². The molecule has 0 aromatic heterocycles. The second-order valence-electron chi connectivity index (χ2n) is 9.62. The molecule has 3 heteroatoms. The number of hydrogen-bond acceptors (Lipinski definition) is 3. The number of hydrogen-bond donors (Lipinski definition) is 0. The van der Waals surface area contributed by atoms with Crippen LogP contribution < -0.4 is 0 Å². The normalized spacial score (nSPS) is 22.4. The van der Waals surface area contributed by atoms with Crippen molar-refractivity contribution in [3.05, 3.63) is 46.1 Å². The molecule has 0 N–H and O–H groups in total. The third-order valence-electron chi connectivity index (χ3n) is 6.56. The highest BCUT2D eigenvalue weighted by Crippen LogP contribution is 2.42. The predicted molar refractivity (Wildman–Crippen MR) is 125 cm³/mol. The lowest BCUT2D eigenvalue weighted by atomic mass is 9.71. The molecule has 1 atom stereocenters. The van der Waals surface area contributed by atoms with Gasteiger partial charge in [-0.25, -0.2) is 4.79 Å². The molecule has 0 aromatic carbocycles. The van der Waals surface area contributed by atoms with E-state index in [2.05, 4.69) is 46.8 Å². The number of allylic oxidation sites excluding steroid dienone is 6. The van der Waals surface area contributed by atoms with E-state index in [9.17, 15) is 4.79 Å². The zero-order valence-electron chi connectivity index (χ0n) is 20.1. The Morgan fingerprint density at radius 2 is 1.87 bits per heavy atom. The third kappa shape index (κ3) is 7.58. The van der Waals surface area contributed by atoms with Gasteiger partial charge >= 0.3 is 5.97 Å². The summed E-state index contributed by atoms with van der Waals surface area (Å²) in [6.07, 6.45) is 16.1. The van der Waals surface area contributed by atoms with E-state index in [1.165, 1.54) is 43.3 Å². The van der Waals surface area contributed by atoms with Gasteiger partial charge in [0, 0.05) is 18.3 Å². The Morgan fingerprint density at radius 1 is 1.17 bits per heavy atom. The molecule has 0 radical (unpaired) electrons. The van der Waals surface area contributed by atoms with Crippen molar-refractivity contribution in [2.75, 3.05) is 6.61 Å². The van der Waals surface area contributed by atoms with E-state index >= 15 is 0 Å². The SMILES string of the molecule is CCOC1OC(=O)C=C1CC/C=C(\C)CC/C=C(\C)CCC1=C(C)CCCC1(C)C. The summed E-state index contributed by atoms with van der Waals surface area (Å²) in [5, 5.41) is 0. The summed E-state index contributed by atoms with van der Waals surface area (Å²) < 4.78 is 10.6. The topological polar surface area (TPSA) is 35.5 Å². The summed E-state index contributed by atoms with van der Waals surface area (Å²) in [6, 6.07) is 0. The van der Waals surface area contributed by atoms with E-state index in [4.69, 9.17) is 9.47 Å². The van der Waals surface area contributed by atoms with E-state index in [0.29, 0.717) is 12.0 Å². The van der Waals surface area contributed by atoms with E-state index < -0.39 is 6.29 Å². The number of rotatable bonds is 11. The minimum Gasteiger partial charge on any atom is -0.428 e. The Hall–Kier alpha value is -1.61. The van der Waals surface area contributed by atoms with Crippen molar-refractivity contribution < 1.29 is 14.3 Å². The minimum atomic E-state index is -0.477. The lowest BCUT2D eigenvalue weighted by Gasteiger charge is -2.35. The van der Waals surface area contributed by atoms with Gasteiger partial charge in [-0.05, 0) is 90.9 Å². The van der Waals surface area contributed by atoms with Crippen LogP contribution in [0.5, 0.6) is 0 Å². The molecule has 1 aliphatic heterocycles. The molecule has 30 heavy (non-hydrogen) atoms. The monoisotopic (exact) mass is 414 g/mol. The zero-order chi connectivity index (χ0) is 22.1. The number of carbonyl (C=O) groups is 1. The molecule has 168 valence electrons. The van der Waals surface area contributed by atoms with Crippen LogP contribution in [0, 0.1) is 5.41 Å². The Balaban J connectivity index is 1.73. The van der Waals surface area contributed by atoms with Gasteiger partial charge in [0.1, 0.15) is 0 Å². The first-order valence-corrected chi connectivity index (χ1v) is 11.8.